The molecule has 0 spiro atoms. The van der Waals surface area contributed by atoms with Gasteiger partial charge in [-0.2, -0.15) is 13.2 Å². The van der Waals surface area contributed by atoms with Crippen molar-refractivity contribution in [1.82, 2.24) is 30.4 Å². The number of ether oxygens (including phenoxy) is 4. The van der Waals surface area contributed by atoms with Crippen molar-refractivity contribution in [2.24, 2.45) is 0 Å². The maximum Gasteiger partial charge on any atom is 0.430 e. The van der Waals surface area contributed by atoms with Crippen molar-refractivity contribution < 1.29 is 105 Å². The van der Waals surface area contributed by atoms with Gasteiger partial charge in [0.25, 0.3) is 11.8 Å². The number of aryl methyl sites for hydroxylation is 2. The first kappa shape index (κ1) is 69.2. The van der Waals surface area contributed by atoms with Gasteiger partial charge in [0.1, 0.15) is 43.1 Å². The minimum Gasteiger partial charge on any atom is -0.542 e. The Labute approximate surface area is 523 Å². The Morgan fingerprint density at radius 2 is 1.59 bits per heavy atom. The van der Waals surface area contributed by atoms with Gasteiger partial charge in [0.15, 0.2) is 45.3 Å². The number of nitrogens with zero attached hydrogens (tertiary/aromatic N) is 7. The van der Waals surface area contributed by atoms with Crippen molar-refractivity contribution in [2.45, 2.75) is 76.0 Å². The Morgan fingerprint density at radius 1 is 0.879 bits per heavy atom. The zero-order chi connectivity index (χ0) is 66.3. The highest BCUT2D eigenvalue weighted by Gasteiger charge is 2.48. The lowest BCUT2D eigenvalue weighted by Crippen LogP contribution is -2.61. The number of alkyl halides is 3. The zero-order valence-corrected chi connectivity index (χ0v) is 50.4. The monoisotopic (exact) mass is 1310 g/mol. The normalized spacial score (nSPS) is 17.1. The van der Waals surface area contributed by atoms with E-state index in [9.17, 15) is 67.5 Å². The number of aliphatic hydroxyl groups excluding tert-OH is 3. The number of carboxylic acids is 3. The van der Waals surface area contributed by atoms with Crippen LogP contribution in [0.1, 0.15) is 51.3 Å². The summed E-state index contributed by atoms with van der Waals surface area (Å²) in [6.45, 7) is 2.47. The molecule has 0 unspecified atom stereocenters. The van der Waals surface area contributed by atoms with Crippen LogP contribution in [0.5, 0.6) is 11.5 Å². The van der Waals surface area contributed by atoms with Crippen LogP contribution in [-0.2, 0) is 51.2 Å². The number of carbonyl (C=O) groups excluding carboxylic acids is 5. The van der Waals surface area contributed by atoms with Gasteiger partial charge in [0.2, 0.25) is 18.1 Å². The highest BCUT2D eigenvalue weighted by atomic mass is 32.1. The number of quaternary nitrogens is 1. The first-order valence-corrected chi connectivity index (χ1v) is 29.1. The van der Waals surface area contributed by atoms with Crippen molar-refractivity contribution in [3.05, 3.63) is 112 Å². The molecule has 8 rings (SSSR count). The summed E-state index contributed by atoms with van der Waals surface area (Å²) in [7, 11) is 5.48. The number of carboxylic acid groups (broad SMARTS) is 3. The van der Waals surface area contributed by atoms with Gasteiger partial charge in [-0.05, 0) is 85.8 Å². The van der Waals surface area contributed by atoms with Crippen molar-refractivity contribution in [1.29, 1.82) is 0 Å². The van der Waals surface area contributed by atoms with E-state index in [1.165, 1.54) is 40.9 Å². The number of aliphatic carboxylic acids is 2. The van der Waals surface area contributed by atoms with E-state index in [2.05, 4.69) is 48.0 Å². The van der Waals surface area contributed by atoms with E-state index in [0.29, 0.717) is 57.3 Å². The molecule has 6 aromatic rings. The largest absolute Gasteiger partial charge is 0.542 e. The maximum absolute atomic E-state index is 15.4. The number of anilines is 5. The van der Waals surface area contributed by atoms with E-state index in [0.717, 1.165) is 32.8 Å². The molecule has 0 bridgehead atoms. The van der Waals surface area contributed by atoms with Crippen molar-refractivity contribution in [3.8, 4) is 23.3 Å². The molecule has 2 aliphatic heterocycles. The molecule has 33 heteroatoms. The molecule has 2 aliphatic rings. The van der Waals surface area contributed by atoms with Crippen molar-refractivity contribution >= 4 is 102 Å². The fourth-order valence-electron chi connectivity index (χ4n) is 8.56. The number of aromatic carboxylic acids is 1. The molecule has 0 saturated carbocycles. The SMILES string of the molecule is Cc1cc(N(C)c2nc(C(=O)O)c(CCCOc3ccc(C#CC[N+](C)(C)Cc4ccc(O[C@@H]5O[C@H](C(=O)O)[C@@H](O)[C@H](O)[C@H]5O)c(NC(=O)CCNC(=O)CCOCCN5C(=O)C=CC5=O)c4)cc3F)s2)nnc1Nc1nc2ccccc2s1.O=C([O-])C(F)(F)F. The Balaban J connectivity index is 0.00000158. The number of para-hydroxylation sites is 1. The molecule has 0 radical (unpaired) electrons. The average molecular weight is 1310 g/mol. The lowest BCUT2D eigenvalue weighted by Gasteiger charge is -2.38. The molecule has 0 aliphatic carbocycles. The van der Waals surface area contributed by atoms with Gasteiger partial charge in [0.05, 0.1) is 56.4 Å². The first-order valence-electron chi connectivity index (χ1n) is 27.4. The molecule has 1 fully saturated rings. The summed E-state index contributed by atoms with van der Waals surface area (Å²) in [6.07, 6.45) is -12.1. The van der Waals surface area contributed by atoms with Crippen LogP contribution in [0.3, 0.4) is 0 Å². The molecule has 8 N–H and O–H groups in total. The highest BCUT2D eigenvalue weighted by molar-refractivity contribution is 7.22. The van der Waals surface area contributed by atoms with E-state index < -0.39 is 84.2 Å². The number of aliphatic hydroxyl groups is 3. The summed E-state index contributed by atoms with van der Waals surface area (Å²) in [5.41, 5.74) is 2.63. The number of fused-ring (bicyclic) bond motifs is 1. The van der Waals surface area contributed by atoms with Crippen LogP contribution in [0.25, 0.3) is 10.2 Å². The lowest BCUT2D eigenvalue weighted by molar-refractivity contribution is -0.896. The second kappa shape index (κ2) is 31.0. The van der Waals surface area contributed by atoms with Gasteiger partial charge in [-0.15, -0.1) is 21.5 Å². The Morgan fingerprint density at radius 3 is 2.26 bits per heavy atom. The molecule has 27 nitrogen and oxygen atoms in total. The van der Waals surface area contributed by atoms with Gasteiger partial charge in [0, 0.05) is 54.6 Å². The van der Waals surface area contributed by atoms with Crippen LogP contribution >= 0.6 is 22.7 Å². The van der Waals surface area contributed by atoms with Gasteiger partial charge in [-0.3, -0.25) is 24.1 Å². The summed E-state index contributed by atoms with van der Waals surface area (Å²) < 4.78 is 70.5. The average Bonchev–Trinajstić information content (AvgIpc) is 1.75. The van der Waals surface area contributed by atoms with Gasteiger partial charge >= 0.3 is 18.1 Å². The van der Waals surface area contributed by atoms with E-state index in [1.807, 2.05) is 51.4 Å². The van der Waals surface area contributed by atoms with Gasteiger partial charge in [-0.25, -0.2) is 23.9 Å². The molecule has 5 heterocycles. The molecule has 3 aromatic carbocycles. The predicted molar refractivity (Wildman–Crippen MR) is 315 cm³/mol. The summed E-state index contributed by atoms with van der Waals surface area (Å²) in [5.74, 6) is -1.46. The summed E-state index contributed by atoms with van der Waals surface area (Å²) in [4.78, 5) is 94.1. The molecule has 4 amide bonds. The zero-order valence-electron chi connectivity index (χ0n) is 48.8. The second-order valence-corrected chi connectivity index (χ2v) is 22.9. The number of imide groups is 1. The Bertz CT molecular complexity index is 3710. The van der Waals surface area contributed by atoms with E-state index in [-0.39, 0.29) is 79.7 Å². The highest BCUT2D eigenvalue weighted by Crippen LogP contribution is 2.35. The third-order valence-corrected chi connectivity index (χ3v) is 15.4. The van der Waals surface area contributed by atoms with E-state index in [4.69, 9.17) is 28.8 Å². The number of rotatable bonds is 26. The number of aromatic nitrogens is 4. The molecule has 5 atom stereocenters. The van der Waals surface area contributed by atoms with Crippen molar-refractivity contribution in [3.63, 3.8) is 0 Å². The van der Waals surface area contributed by atoms with Crippen LogP contribution < -0.4 is 35.4 Å². The molecule has 484 valence electrons. The van der Waals surface area contributed by atoms with E-state index >= 15 is 4.39 Å². The van der Waals surface area contributed by atoms with E-state index in [1.54, 1.807) is 30.1 Å². The van der Waals surface area contributed by atoms with Crippen LogP contribution in [0.15, 0.2) is 78.9 Å². The number of carbonyl (C=O) groups is 7. The standard InChI is InChI=1S/C56H59FN10O15S2.C2HF3O2/c1-31-27-41(63-64-51(31)62-55-60-35-10-5-6-11-39(35)83-55)65(2)56-61-46(52(75)76)40(84-56)12-8-24-80-37-15-13-32(28-34(37)57)9-7-23-67(3,4)30-33-14-16-38(81-54-49(74)47(72)48(73)50(82-54)53(77)78)36(29-33)59-43(69)19-21-58-42(68)20-25-79-26-22-66-44(70)17-18-45(66)71;3-2(4,5)1(6)7/h5-6,10-11,13-18,27-29,47-50,54,72-74H,8,12,19-26,30H2,1-4H3,(H4-,58,59,60,62,64,68,69,75,76,77,78);(H,6,7)/t47-,48-,49+,50-,54+;/m0./s1. The minimum atomic E-state index is -5.19. The van der Waals surface area contributed by atoms with Crippen molar-refractivity contribution in [2.75, 3.05) is 76.1 Å². The molecule has 3 aromatic heterocycles. The molecular weight excluding hydrogens is 1250 g/mol. The fourth-order valence-corrected chi connectivity index (χ4v) is 10.5. The lowest BCUT2D eigenvalue weighted by atomic mass is 9.99. The third kappa shape index (κ3) is 19.4. The Hall–Kier alpha value is -9.27. The Kier molecular flexibility index (Phi) is 23.6. The number of halogens is 4. The first-order chi connectivity index (χ1) is 43.1. The van der Waals surface area contributed by atoms with Crippen LogP contribution in [-0.4, -0.2) is 194 Å². The number of thiazole rings is 2. The third-order valence-electron chi connectivity index (χ3n) is 13.2. The maximum atomic E-state index is 15.4. The minimum absolute atomic E-state index is 0.0124. The smallest absolute Gasteiger partial charge is 0.430 e. The van der Waals surface area contributed by atoms with Crippen LogP contribution in [0.2, 0.25) is 0 Å². The molecular formula is C58H60F4N10O17S2. The number of nitrogens with one attached hydrogen (secondary N) is 3. The van der Waals surface area contributed by atoms with Gasteiger partial charge in [-0.1, -0.05) is 29.4 Å². The number of benzene rings is 3. The van der Waals surface area contributed by atoms with Gasteiger partial charge < -0.3 is 79.7 Å². The number of hydrogen-bond donors (Lipinski definition) is 8. The van der Waals surface area contributed by atoms with Crippen LogP contribution in [0.4, 0.5) is 45.1 Å². The quantitative estimate of drug-likeness (QED) is 0.0127. The molecule has 1 saturated heterocycles. The summed E-state index contributed by atoms with van der Waals surface area (Å²) in [5, 5.41) is 78.0. The fraction of sp³-hybridized carbons (Fsp3) is 0.362. The summed E-state index contributed by atoms with van der Waals surface area (Å²) in [6, 6.07) is 18.6. The topological polar surface area (TPSA) is 375 Å². The summed E-state index contributed by atoms with van der Waals surface area (Å²) >= 11 is 2.69. The number of hydrogen-bond acceptors (Lipinski definition) is 23. The predicted octanol–water partition coefficient (Wildman–Crippen LogP) is 3.19. The number of amides is 4. The molecule has 91 heavy (non-hydrogen) atoms. The second-order valence-electron chi connectivity index (χ2n) is 20.8. The van der Waals surface area contributed by atoms with Crippen LogP contribution in [0, 0.1) is 24.6 Å².